The van der Waals surface area contributed by atoms with E-state index in [2.05, 4.69) is 0 Å². The third-order valence-electron chi connectivity index (χ3n) is 5.61. The first-order valence-corrected chi connectivity index (χ1v) is 9.23. The molecular weight excluding hydrogens is 316 g/mol. The van der Waals surface area contributed by atoms with Crippen molar-refractivity contribution in [2.24, 2.45) is 5.41 Å². The Morgan fingerprint density at radius 2 is 1.96 bits per heavy atom. The van der Waals surface area contributed by atoms with Gasteiger partial charge in [0.05, 0.1) is 13.0 Å². The van der Waals surface area contributed by atoms with Crippen LogP contribution in [0.15, 0.2) is 24.3 Å². The summed E-state index contributed by atoms with van der Waals surface area (Å²) in [5.74, 6) is 0.302. The Morgan fingerprint density at radius 1 is 1.20 bits per heavy atom. The molecule has 1 aromatic rings. The molecule has 1 atom stereocenters. The molecule has 2 aliphatic rings. The molecule has 136 valence electrons. The third-order valence-corrected chi connectivity index (χ3v) is 5.61. The van der Waals surface area contributed by atoms with Crippen LogP contribution in [0, 0.1) is 12.3 Å². The Morgan fingerprint density at radius 3 is 2.68 bits per heavy atom. The number of β-amino-alcohol motifs (C(OH)–C–C–N with tert-alkyl or cyclic N) is 1. The minimum absolute atomic E-state index is 0.00209. The molecule has 3 rings (SSSR count). The fraction of sp³-hybridized carbons (Fsp3) is 0.600. The average molecular weight is 344 g/mol. The molecule has 25 heavy (non-hydrogen) atoms. The molecule has 0 aromatic heterocycles. The van der Waals surface area contributed by atoms with Crippen LogP contribution in [-0.2, 0) is 16.0 Å². The molecule has 2 amide bonds. The summed E-state index contributed by atoms with van der Waals surface area (Å²) in [5, 5.41) is 9.19. The molecular formula is C20H28N2O3. The van der Waals surface area contributed by atoms with Gasteiger partial charge in [-0.2, -0.15) is 0 Å². The van der Waals surface area contributed by atoms with Crippen molar-refractivity contribution < 1.29 is 14.7 Å². The van der Waals surface area contributed by atoms with Gasteiger partial charge in [0, 0.05) is 38.0 Å². The summed E-state index contributed by atoms with van der Waals surface area (Å²) in [4.78, 5) is 28.5. The van der Waals surface area contributed by atoms with Crippen LogP contribution < -0.4 is 0 Å². The summed E-state index contributed by atoms with van der Waals surface area (Å²) in [6.07, 6.45) is 3.86. The SMILES string of the molecule is Cc1ccc(CC(=O)N2CCC[C@@]3(CCC(=O)N(CCO)C3)C2)cc1. The van der Waals surface area contributed by atoms with Gasteiger partial charge in [0.25, 0.3) is 0 Å². The molecule has 0 aliphatic carbocycles. The molecule has 2 heterocycles. The van der Waals surface area contributed by atoms with Crippen molar-refractivity contribution in [3.8, 4) is 0 Å². The predicted octanol–water partition coefficient (Wildman–Crippen LogP) is 1.76. The number of likely N-dealkylation sites (tertiary alicyclic amines) is 2. The number of hydrogen-bond donors (Lipinski definition) is 1. The molecule has 2 aliphatic heterocycles. The molecule has 0 radical (unpaired) electrons. The van der Waals surface area contributed by atoms with Crippen LogP contribution in [0.1, 0.15) is 36.8 Å². The van der Waals surface area contributed by atoms with Gasteiger partial charge in [-0.1, -0.05) is 29.8 Å². The Balaban J connectivity index is 1.64. The highest BCUT2D eigenvalue weighted by Gasteiger charge is 2.42. The Hall–Kier alpha value is -1.88. The maximum Gasteiger partial charge on any atom is 0.227 e. The van der Waals surface area contributed by atoms with Gasteiger partial charge in [-0.25, -0.2) is 0 Å². The minimum atomic E-state index is -0.00209. The van der Waals surface area contributed by atoms with Crippen LogP contribution in [0.5, 0.6) is 0 Å². The average Bonchev–Trinajstić information content (AvgIpc) is 2.61. The second kappa shape index (κ2) is 7.56. The number of rotatable bonds is 4. The minimum Gasteiger partial charge on any atom is -0.395 e. The predicted molar refractivity (Wildman–Crippen MR) is 96.0 cm³/mol. The van der Waals surface area contributed by atoms with E-state index in [0.29, 0.717) is 25.9 Å². The summed E-state index contributed by atoms with van der Waals surface area (Å²) in [6, 6.07) is 8.13. The van der Waals surface area contributed by atoms with Crippen molar-refractivity contribution in [1.82, 2.24) is 9.80 Å². The van der Waals surface area contributed by atoms with E-state index in [9.17, 15) is 14.7 Å². The summed E-state index contributed by atoms with van der Waals surface area (Å²) < 4.78 is 0. The lowest BCUT2D eigenvalue weighted by atomic mass is 9.73. The maximum atomic E-state index is 12.8. The zero-order valence-electron chi connectivity index (χ0n) is 15.0. The number of benzene rings is 1. The number of aryl methyl sites for hydroxylation is 1. The van der Waals surface area contributed by atoms with Gasteiger partial charge in [0.1, 0.15) is 0 Å². The molecule has 2 fully saturated rings. The largest absolute Gasteiger partial charge is 0.395 e. The van der Waals surface area contributed by atoms with E-state index in [1.54, 1.807) is 4.90 Å². The number of amides is 2. The molecule has 5 heteroatoms. The highest BCUT2D eigenvalue weighted by Crippen LogP contribution is 2.38. The summed E-state index contributed by atoms with van der Waals surface area (Å²) in [7, 11) is 0. The van der Waals surface area contributed by atoms with Gasteiger partial charge in [0.2, 0.25) is 11.8 Å². The van der Waals surface area contributed by atoms with E-state index in [4.69, 9.17) is 0 Å². The van der Waals surface area contributed by atoms with Crippen molar-refractivity contribution in [2.45, 2.75) is 39.0 Å². The lowest BCUT2D eigenvalue weighted by Crippen LogP contribution is -2.55. The van der Waals surface area contributed by atoms with Crippen molar-refractivity contribution in [3.63, 3.8) is 0 Å². The molecule has 1 aromatic carbocycles. The third kappa shape index (κ3) is 4.21. The van der Waals surface area contributed by atoms with Crippen molar-refractivity contribution in [1.29, 1.82) is 0 Å². The molecule has 1 spiro atoms. The second-order valence-corrected chi connectivity index (χ2v) is 7.62. The normalized spacial score (nSPS) is 24.0. The highest BCUT2D eigenvalue weighted by molar-refractivity contribution is 5.79. The summed E-state index contributed by atoms with van der Waals surface area (Å²) >= 11 is 0. The van der Waals surface area contributed by atoms with E-state index >= 15 is 0 Å². The van der Waals surface area contributed by atoms with Crippen LogP contribution in [0.3, 0.4) is 0 Å². The molecule has 1 N–H and O–H groups in total. The van der Waals surface area contributed by atoms with E-state index in [-0.39, 0.29) is 23.8 Å². The van der Waals surface area contributed by atoms with Crippen molar-refractivity contribution in [3.05, 3.63) is 35.4 Å². The fourth-order valence-corrected chi connectivity index (χ4v) is 4.17. The van der Waals surface area contributed by atoms with Gasteiger partial charge < -0.3 is 14.9 Å². The number of piperidine rings is 2. The van der Waals surface area contributed by atoms with E-state index in [1.807, 2.05) is 36.1 Å². The Kier molecular flexibility index (Phi) is 5.42. The lowest BCUT2D eigenvalue weighted by Gasteiger charge is -2.48. The molecule has 0 bridgehead atoms. The summed E-state index contributed by atoms with van der Waals surface area (Å²) in [6.45, 7) is 4.65. The van der Waals surface area contributed by atoms with Gasteiger partial charge in [-0.15, -0.1) is 0 Å². The zero-order valence-corrected chi connectivity index (χ0v) is 15.0. The second-order valence-electron chi connectivity index (χ2n) is 7.62. The van der Waals surface area contributed by atoms with E-state index in [1.165, 1.54) is 5.56 Å². The number of nitrogens with zero attached hydrogens (tertiary/aromatic N) is 2. The molecule has 5 nitrogen and oxygen atoms in total. The van der Waals surface area contributed by atoms with Crippen LogP contribution in [-0.4, -0.2) is 59.5 Å². The van der Waals surface area contributed by atoms with Gasteiger partial charge >= 0.3 is 0 Å². The highest BCUT2D eigenvalue weighted by atomic mass is 16.3. The maximum absolute atomic E-state index is 12.8. The first-order chi connectivity index (χ1) is 12.0. The number of aliphatic hydroxyl groups is 1. The van der Waals surface area contributed by atoms with E-state index < -0.39 is 0 Å². The fourth-order valence-electron chi connectivity index (χ4n) is 4.17. The first-order valence-electron chi connectivity index (χ1n) is 9.23. The summed E-state index contributed by atoms with van der Waals surface area (Å²) in [5.41, 5.74) is 2.25. The Labute approximate surface area is 149 Å². The number of carbonyl (C=O) groups excluding carboxylic acids is 2. The number of carbonyl (C=O) groups is 2. The monoisotopic (exact) mass is 344 g/mol. The standard InChI is InChI=1S/C20H28N2O3/c1-16-3-5-17(6-4-16)13-19(25)21-10-2-8-20(14-21)9-7-18(24)22(15-20)11-12-23/h3-6,23H,2,7-15H2,1H3/t20-/m1/s1. The van der Waals surface area contributed by atoms with Crippen LogP contribution in [0.25, 0.3) is 0 Å². The van der Waals surface area contributed by atoms with Crippen molar-refractivity contribution in [2.75, 3.05) is 32.8 Å². The lowest BCUT2D eigenvalue weighted by molar-refractivity contribution is -0.143. The quantitative estimate of drug-likeness (QED) is 0.905. The smallest absolute Gasteiger partial charge is 0.227 e. The molecule has 0 unspecified atom stereocenters. The van der Waals surface area contributed by atoms with Gasteiger partial charge in [0.15, 0.2) is 0 Å². The molecule has 0 saturated carbocycles. The van der Waals surface area contributed by atoms with Gasteiger partial charge in [-0.05, 0) is 31.7 Å². The molecule has 2 saturated heterocycles. The van der Waals surface area contributed by atoms with E-state index in [0.717, 1.165) is 37.9 Å². The van der Waals surface area contributed by atoms with Crippen LogP contribution in [0.2, 0.25) is 0 Å². The van der Waals surface area contributed by atoms with Crippen molar-refractivity contribution >= 4 is 11.8 Å². The Bertz CT molecular complexity index is 628. The van der Waals surface area contributed by atoms with Crippen LogP contribution >= 0.6 is 0 Å². The number of aliphatic hydroxyl groups excluding tert-OH is 1. The van der Waals surface area contributed by atoms with Gasteiger partial charge in [-0.3, -0.25) is 9.59 Å². The first kappa shape index (κ1) is 17.9. The van der Waals surface area contributed by atoms with Crippen LogP contribution in [0.4, 0.5) is 0 Å². The number of hydrogen-bond acceptors (Lipinski definition) is 3. The topological polar surface area (TPSA) is 60.9 Å². The zero-order chi connectivity index (χ0) is 17.9.